The number of hydrogen-bond donors (Lipinski definition) is 0. The molecule has 3 rings (SSSR count). The minimum Gasteiger partial charge on any atom is -0.300 e. The van der Waals surface area contributed by atoms with E-state index in [1.54, 1.807) is 0 Å². The number of fused-ring (bicyclic) bond motifs is 2. The Bertz CT molecular complexity index is 429. The topological polar surface area (TPSA) is 26.8 Å². The van der Waals surface area contributed by atoms with Gasteiger partial charge in [-0.25, -0.2) is 0 Å². The fourth-order valence-electron chi connectivity index (χ4n) is 4.94. The van der Waals surface area contributed by atoms with Crippen LogP contribution in [-0.4, -0.2) is 78.4 Å². The molecule has 1 aliphatic carbocycles. The zero-order valence-corrected chi connectivity index (χ0v) is 16.2. The van der Waals surface area contributed by atoms with Crippen molar-refractivity contribution in [3.63, 3.8) is 0 Å². The lowest BCUT2D eigenvalue weighted by molar-refractivity contribution is -0.123. The highest BCUT2D eigenvalue weighted by atomic mass is 16.1. The Labute approximate surface area is 148 Å². The Hall–Kier alpha value is -0.450. The lowest BCUT2D eigenvalue weighted by atomic mass is 9.87. The van der Waals surface area contributed by atoms with Crippen LogP contribution < -0.4 is 0 Å². The molecule has 0 radical (unpaired) electrons. The van der Waals surface area contributed by atoms with Gasteiger partial charge in [0.2, 0.25) is 0 Å². The van der Waals surface area contributed by atoms with Gasteiger partial charge < -0.3 is 0 Å². The molecule has 2 saturated heterocycles. The largest absolute Gasteiger partial charge is 0.300 e. The molecular weight excluding hydrogens is 298 g/mol. The third-order valence-corrected chi connectivity index (χ3v) is 6.75. The number of rotatable bonds is 7. The van der Waals surface area contributed by atoms with Gasteiger partial charge in [0.25, 0.3) is 0 Å². The number of ketones is 1. The summed E-state index contributed by atoms with van der Waals surface area (Å²) in [6, 6.07) is 1.45. The van der Waals surface area contributed by atoms with Crippen molar-refractivity contribution in [2.45, 2.75) is 59.0 Å². The Kier molecular flexibility index (Phi) is 5.99. The molecule has 138 valence electrons. The van der Waals surface area contributed by atoms with Crippen molar-refractivity contribution in [3.8, 4) is 0 Å². The molecule has 3 unspecified atom stereocenters. The molecule has 2 aliphatic heterocycles. The van der Waals surface area contributed by atoms with E-state index in [1.165, 1.54) is 58.7 Å². The maximum atomic E-state index is 12.0. The molecule has 0 aromatic rings. The average molecular weight is 336 g/mol. The SMILES string of the molecule is CC(C)C(=O)CC1CC2CC1CN2CCN1CCN(C(C)C)CC1. The quantitative estimate of drug-likeness (QED) is 0.713. The van der Waals surface area contributed by atoms with E-state index >= 15 is 0 Å². The van der Waals surface area contributed by atoms with Crippen LogP contribution in [0.4, 0.5) is 0 Å². The molecule has 1 saturated carbocycles. The van der Waals surface area contributed by atoms with E-state index in [-0.39, 0.29) is 5.92 Å². The molecule has 4 nitrogen and oxygen atoms in total. The second kappa shape index (κ2) is 7.84. The van der Waals surface area contributed by atoms with E-state index in [0.717, 1.165) is 18.4 Å². The van der Waals surface area contributed by atoms with E-state index in [4.69, 9.17) is 0 Å². The number of likely N-dealkylation sites (tertiary alicyclic amines) is 1. The van der Waals surface area contributed by atoms with Gasteiger partial charge in [-0.2, -0.15) is 0 Å². The van der Waals surface area contributed by atoms with Crippen LogP contribution >= 0.6 is 0 Å². The van der Waals surface area contributed by atoms with Crippen LogP contribution in [0.2, 0.25) is 0 Å². The Balaban J connectivity index is 1.37. The van der Waals surface area contributed by atoms with Crippen LogP contribution in [-0.2, 0) is 4.79 Å². The van der Waals surface area contributed by atoms with Crippen molar-refractivity contribution in [1.82, 2.24) is 14.7 Å². The molecule has 0 aromatic heterocycles. The molecule has 3 fully saturated rings. The van der Waals surface area contributed by atoms with Crippen LogP contribution in [0.3, 0.4) is 0 Å². The lowest BCUT2D eigenvalue weighted by Crippen LogP contribution is -2.51. The molecule has 4 heteroatoms. The number of Topliss-reactive ketones (excluding diaryl/α,β-unsaturated/α-hetero) is 1. The minimum atomic E-state index is 0.213. The van der Waals surface area contributed by atoms with Crippen LogP contribution in [0.1, 0.15) is 47.0 Å². The smallest absolute Gasteiger partial charge is 0.135 e. The maximum Gasteiger partial charge on any atom is 0.135 e. The third kappa shape index (κ3) is 4.20. The summed E-state index contributed by atoms with van der Waals surface area (Å²) in [5.41, 5.74) is 0. The van der Waals surface area contributed by atoms with Gasteiger partial charge in [0.05, 0.1) is 0 Å². The molecular formula is C20H37N3O. The second-order valence-corrected chi connectivity index (χ2v) is 8.94. The van der Waals surface area contributed by atoms with Crippen LogP contribution in [0.5, 0.6) is 0 Å². The van der Waals surface area contributed by atoms with E-state index in [0.29, 0.717) is 17.7 Å². The summed E-state index contributed by atoms with van der Waals surface area (Å²) >= 11 is 0. The van der Waals surface area contributed by atoms with Crippen molar-refractivity contribution >= 4 is 5.78 Å². The van der Waals surface area contributed by atoms with Crippen LogP contribution in [0, 0.1) is 17.8 Å². The molecule has 0 amide bonds. The summed E-state index contributed by atoms with van der Waals surface area (Å²) in [6.07, 6.45) is 3.45. The molecule has 0 aromatic carbocycles. The van der Waals surface area contributed by atoms with E-state index in [2.05, 4.69) is 28.5 Å². The highest BCUT2D eigenvalue weighted by Gasteiger charge is 2.44. The first kappa shape index (κ1) is 18.3. The summed E-state index contributed by atoms with van der Waals surface area (Å²) in [6.45, 7) is 17.3. The van der Waals surface area contributed by atoms with Gasteiger partial charge in [0.15, 0.2) is 0 Å². The first-order valence-corrected chi connectivity index (χ1v) is 10.2. The lowest BCUT2D eigenvalue weighted by Gasteiger charge is -2.38. The molecule has 3 aliphatic rings. The molecule has 2 bridgehead atoms. The van der Waals surface area contributed by atoms with Crippen molar-refractivity contribution in [3.05, 3.63) is 0 Å². The van der Waals surface area contributed by atoms with Gasteiger partial charge in [-0.05, 0) is 38.5 Å². The first-order chi connectivity index (χ1) is 11.4. The summed E-state index contributed by atoms with van der Waals surface area (Å²) in [7, 11) is 0. The maximum absolute atomic E-state index is 12.0. The third-order valence-electron chi connectivity index (χ3n) is 6.75. The van der Waals surface area contributed by atoms with Crippen molar-refractivity contribution in [1.29, 1.82) is 0 Å². The first-order valence-electron chi connectivity index (χ1n) is 10.2. The number of carbonyl (C=O) groups excluding carboxylic acids is 1. The fourth-order valence-corrected chi connectivity index (χ4v) is 4.94. The summed E-state index contributed by atoms with van der Waals surface area (Å²) in [5, 5.41) is 0. The number of nitrogens with zero attached hydrogens (tertiary/aromatic N) is 3. The number of hydrogen-bond acceptors (Lipinski definition) is 4. The number of carbonyl (C=O) groups is 1. The van der Waals surface area contributed by atoms with Gasteiger partial charge >= 0.3 is 0 Å². The monoisotopic (exact) mass is 335 g/mol. The van der Waals surface area contributed by atoms with Crippen LogP contribution in [0.15, 0.2) is 0 Å². The van der Waals surface area contributed by atoms with Crippen molar-refractivity contribution in [2.24, 2.45) is 17.8 Å². The van der Waals surface area contributed by atoms with Gasteiger partial charge in [-0.3, -0.25) is 19.5 Å². The van der Waals surface area contributed by atoms with Crippen molar-refractivity contribution in [2.75, 3.05) is 45.8 Å². The Morgan fingerprint density at radius 1 is 1.00 bits per heavy atom. The summed E-state index contributed by atoms with van der Waals surface area (Å²) in [5.74, 6) is 2.15. The van der Waals surface area contributed by atoms with Gasteiger partial charge in [-0.1, -0.05) is 13.8 Å². The molecule has 0 N–H and O–H groups in total. The standard InChI is InChI=1S/C20H37N3O/c1-15(2)20(24)13-17-11-19-12-18(17)14-23(19)10-7-21-5-8-22(9-6-21)16(3)4/h15-19H,5-14H2,1-4H3. The molecule has 2 heterocycles. The van der Waals surface area contributed by atoms with Gasteiger partial charge in [0.1, 0.15) is 5.78 Å². The molecule has 0 spiro atoms. The minimum absolute atomic E-state index is 0.213. The number of piperazine rings is 1. The zero-order chi connectivity index (χ0) is 17.3. The predicted octanol–water partition coefficient (Wildman–Crippen LogP) is 2.34. The fraction of sp³-hybridized carbons (Fsp3) is 0.950. The molecule has 3 atom stereocenters. The van der Waals surface area contributed by atoms with E-state index in [1.807, 2.05) is 13.8 Å². The van der Waals surface area contributed by atoms with Crippen molar-refractivity contribution < 1.29 is 4.79 Å². The highest BCUT2D eigenvalue weighted by Crippen LogP contribution is 2.43. The summed E-state index contributed by atoms with van der Waals surface area (Å²) in [4.78, 5) is 20.0. The number of piperidine rings is 1. The second-order valence-electron chi connectivity index (χ2n) is 8.94. The van der Waals surface area contributed by atoms with Gasteiger partial charge in [-0.15, -0.1) is 0 Å². The van der Waals surface area contributed by atoms with Gasteiger partial charge in [0, 0.05) is 70.2 Å². The van der Waals surface area contributed by atoms with E-state index < -0.39 is 0 Å². The average Bonchev–Trinajstić information content (AvgIpc) is 3.13. The Morgan fingerprint density at radius 3 is 2.25 bits per heavy atom. The molecule has 24 heavy (non-hydrogen) atoms. The normalized spacial score (nSPS) is 32.3. The Morgan fingerprint density at radius 2 is 1.71 bits per heavy atom. The predicted molar refractivity (Wildman–Crippen MR) is 99.2 cm³/mol. The van der Waals surface area contributed by atoms with Crippen LogP contribution in [0.25, 0.3) is 0 Å². The highest BCUT2D eigenvalue weighted by molar-refractivity contribution is 5.80. The summed E-state index contributed by atoms with van der Waals surface area (Å²) < 4.78 is 0. The van der Waals surface area contributed by atoms with E-state index in [9.17, 15) is 4.79 Å². The zero-order valence-electron chi connectivity index (χ0n) is 16.2.